The summed E-state index contributed by atoms with van der Waals surface area (Å²) in [4.78, 5) is 18.7. The van der Waals surface area contributed by atoms with Crippen molar-refractivity contribution in [1.29, 1.82) is 0 Å². The highest BCUT2D eigenvalue weighted by molar-refractivity contribution is 5.93. The minimum Gasteiger partial charge on any atom is -0.362 e. The summed E-state index contributed by atoms with van der Waals surface area (Å²) in [5.41, 5.74) is 2.64. The number of ether oxygens (including phenoxy) is 1. The van der Waals surface area contributed by atoms with Gasteiger partial charge in [0.25, 0.3) is 5.89 Å². The van der Waals surface area contributed by atoms with Crippen LogP contribution in [0.15, 0.2) is 22.9 Å². The van der Waals surface area contributed by atoms with Crippen LogP contribution in [0, 0.1) is 13.8 Å². The quantitative estimate of drug-likeness (QED) is 0.730. The van der Waals surface area contributed by atoms with Gasteiger partial charge in [-0.2, -0.15) is 10.1 Å². The molecule has 1 saturated heterocycles. The monoisotopic (exact) mass is 356 g/mol. The number of anilines is 1. The Morgan fingerprint density at radius 1 is 1.35 bits per heavy atom. The number of nitrogens with zero attached hydrogens (tertiary/aromatic N) is 4. The van der Waals surface area contributed by atoms with Crippen molar-refractivity contribution < 1.29 is 14.1 Å². The maximum Gasteiger partial charge on any atom is 0.322 e. The summed E-state index contributed by atoms with van der Waals surface area (Å²) in [6, 6.07) is 3.61. The Kier molecular flexibility index (Phi) is 4.08. The largest absolute Gasteiger partial charge is 0.362 e. The van der Waals surface area contributed by atoms with E-state index in [-0.39, 0.29) is 12.1 Å². The third-order valence-corrected chi connectivity index (χ3v) is 4.38. The Hall–Kier alpha value is -2.94. The third-order valence-electron chi connectivity index (χ3n) is 4.38. The molecule has 3 aromatic rings. The summed E-state index contributed by atoms with van der Waals surface area (Å²) >= 11 is 0. The predicted octanol–water partition coefficient (Wildman–Crippen LogP) is 2.56. The molecule has 9 heteroatoms. The van der Waals surface area contributed by atoms with Crippen LogP contribution in [0.25, 0.3) is 10.9 Å². The fourth-order valence-corrected chi connectivity index (χ4v) is 3.20. The smallest absolute Gasteiger partial charge is 0.322 e. The number of carbonyl (C=O) groups is 1. The lowest BCUT2D eigenvalue weighted by molar-refractivity contribution is -0.0769. The lowest BCUT2D eigenvalue weighted by atomic mass is 10.1. The molecule has 2 N–H and O–H groups in total. The van der Waals surface area contributed by atoms with Gasteiger partial charge in [0.1, 0.15) is 0 Å². The number of nitrogens with one attached hydrogen (secondary N) is 2. The van der Waals surface area contributed by atoms with E-state index < -0.39 is 6.10 Å². The number of hydrogen-bond acceptors (Lipinski definition) is 6. The Balaban J connectivity index is 1.51. The highest BCUT2D eigenvalue weighted by atomic mass is 16.5. The van der Waals surface area contributed by atoms with E-state index in [9.17, 15) is 4.79 Å². The molecule has 2 aromatic heterocycles. The molecule has 3 heterocycles. The first-order valence-corrected chi connectivity index (χ1v) is 8.45. The van der Waals surface area contributed by atoms with E-state index in [0.717, 1.165) is 16.5 Å². The van der Waals surface area contributed by atoms with Crippen molar-refractivity contribution in [3.63, 3.8) is 0 Å². The molecule has 9 nitrogen and oxygen atoms in total. The number of morpholine rings is 1. The standard InChI is InChI=1S/C17H20N6O3/c1-9-4-12(5-14-13(9)6-18-21-14)20-17(24)23-7-10(2)25-15(8-23)16-19-11(3)22-26-16/h4-6,10,15H,7-8H2,1-3H3,(H,18,21)(H,20,24)/t10-,15-/m1/s1. The van der Waals surface area contributed by atoms with E-state index in [1.54, 1.807) is 18.0 Å². The summed E-state index contributed by atoms with van der Waals surface area (Å²) in [6.07, 6.45) is 1.21. The third kappa shape index (κ3) is 3.13. The molecular formula is C17H20N6O3. The topological polar surface area (TPSA) is 109 Å². The summed E-state index contributed by atoms with van der Waals surface area (Å²) < 4.78 is 11.0. The van der Waals surface area contributed by atoms with Gasteiger partial charge in [0.05, 0.1) is 24.4 Å². The molecule has 2 atom stereocenters. The highest BCUT2D eigenvalue weighted by Gasteiger charge is 2.32. The molecule has 2 amide bonds. The van der Waals surface area contributed by atoms with E-state index in [0.29, 0.717) is 30.5 Å². The van der Waals surface area contributed by atoms with Crippen LogP contribution in [0.4, 0.5) is 10.5 Å². The molecule has 26 heavy (non-hydrogen) atoms. The second-order valence-electron chi connectivity index (χ2n) is 6.57. The van der Waals surface area contributed by atoms with Gasteiger partial charge in [-0.3, -0.25) is 5.10 Å². The van der Waals surface area contributed by atoms with Crippen molar-refractivity contribution in [2.75, 3.05) is 18.4 Å². The van der Waals surface area contributed by atoms with Gasteiger partial charge >= 0.3 is 6.03 Å². The zero-order valence-electron chi connectivity index (χ0n) is 14.8. The number of rotatable bonds is 2. The average molecular weight is 356 g/mol. The molecule has 0 saturated carbocycles. The minimum atomic E-state index is -0.428. The lowest BCUT2D eigenvalue weighted by Crippen LogP contribution is -2.47. The van der Waals surface area contributed by atoms with E-state index in [4.69, 9.17) is 9.26 Å². The Morgan fingerprint density at radius 3 is 2.96 bits per heavy atom. The Labute approximate surface area is 149 Å². The molecule has 1 aliphatic heterocycles. The number of hydrogen-bond donors (Lipinski definition) is 2. The number of amides is 2. The number of carbonyl (C=O) groups excluding carboxylic acids is 1. The minimum absolute atomic E-state index is 0.136. The first kappa shape index (κ1) is 16.5. The van der Waals surface area contributed by atoms with Gasteiger partial charge < -0.3 is 19.5 Å². The van der Waals surface area contributed by atoms with Gasteiger partial charge in [-0.15, -0.1) is 0 Å². The number of aromatic nitrogens is 4. The summed E-state index contributed by atoms with van der Waals surface area (Å²) in [6.45, 7) is 6.48. The zero-order chi connectivity index (χ0) is 18.3. The number of benzene rings is 1. The maximum atomic E-state index is 12.7. The van der Waals surface area contributed by atoms with E-state index in [1.807, 2.05) is 26.0 Å². The van der Waals surface area contributed by atoms with Gasteiger partial charge in [-0.25, -0.2) is 4.79 Å². The number of aryl methyl sites for hydroxylation is 2. The van der Waals surface area contributed by atoms with Crippen molar-refractivity contribution in [1.82, 2.24) is 25.2 Å². The van der Waals surface area contributed by atoms with Gasteiger partial charge in [-0.1, -0.05) is 5.16 Å². The van der Waals surface area contributed by atoms with Crippen LogP contribution in [0.2, 0.25) is 0 Å². The molecule has 1 aromatic carbocycles. The fourth-order valence-electron chi connectivity index (χ4n) is 3.20. The molecule has 0 aliphatic carbocycles. The Morgan fingerprint density at radius 2 is 2.19 bits per heavy atom. The molecular weight excluding hydrogens is 336 g/mol. The van der Waals surface area contributed by atoms with Crippen molar-refractivity contribution in [3.8, 4) is 0 Å². The van der Waals surface area contributed by atoms with Crippen LogP contribution in [0.1, 0.15) is 30.3 Å². The van der Waals surface area contributed by atoms with Crippen LogP contribution in [-0.4, -0.2) is 50.5 Å². The molecule has 0 radical (unpaired) electrons. The zero-order valence-corrected chi connectivity index (χ0v) is 14.8. The van der Waals surface area contributed by atoms with E-state index in [2.05, 4.69) is 25.7 Å². The van der Waals surface area contributed by atoms with E-state index in [1.165, 1.54) is 0 Å². The Bertz CT molecular complexity index is 949. The number of H-pyrrole nitrogens is 1. The molecule has 0 spiro atoms. The van der Waals surface area contributed by atoms with Crippen molar-refractivity contribution in [3.05, 3.63) is 35.6 Å². The first-order chi connectivity index (χ1) is 12.5. The second-order valence-corrected chi connectivity index (χ2v) is 6.57. The van der Waals surface area contributed by atoms with Crippen LogP contribution in [-0.2, 0) is 4.74 Å². The van der Waals surface area contributed by atoms with Crippen molar-refractivity contribution >= 4 is 22.6 Å². The van der Waals surface area contributed by atoms with Gasteiger partial charge in [0, 0.05) is 17.6 Å². The van der Waals surface area contributed by atoms with Crippen LogP contribution in [0.5, 0.6) is 0 Å². The molecule has 4 rings (SSSR count). The molecule has 0 bridgehead atoms. The number of fused-ring (bicyclic) bond motifs is 1. The van der Waals surface area contributed by atoms with Crippen LogP contribution < -0.4 is 5.32 Å². The lowest BCUT2D eigenvalue weighted by Gasteiger charge is -2.35. The van der Waals surface area contributed by atoms with Crippen LogP contribution in [0.3, 0.4) is 0 Å². The normalized spacial score (nSPS) is 20.5. The molecule has 136 valence electrons. The van der Waals surface area contributed by atoms with Gasteiger partial charge in [0.15, 0.2) is 11.9 Å². The van der Waals surface area contributed by atoms with Gasteiger partial charge in [0.2, 0.25) is 0 Å². The molecule has 0 unspecified atom stereocenters. The number of urea groups is 1. The molecule has 1 aliphatic rings. The van der Waals surface area contributed by atoms with E-state index >= 15 is 0 Å². The fraction of sp³-hybridized carbons (Fsp3) is 0.412. The molecule has 1 fully saturated rings. The summed E-state index contributed by atoms with van der Waals surface area (Å²) in [5.74, 6) is 0.933. The second kappa shape index (κ2) is 6.41. The average Bonchev–Trinajstić information content (AvgIpc) is 3.23. The first-order valence-electron chi connectivity index (χ1n) is 8.45. The van der Waals surface area contributed by atoms with Crippen LogP contribution >= 0.6 is 0 Å². The maximum absolute atomic E-state index is 12.7. The predicted molar refractivity (Wildman–Crippen MR) is 93.7 cm³/mol. The van der Waals surface area contributed by atoms with Gasteiger partial charge in [-0.05, 0) is 38.5 Å². The summed E-state index contributed by atoms with van der Waals surface area (Å²) in [7, 11) is 0. The summed E-state index contributed by atoms with van der Waals surface area (Å²) in [5, 5.41) is 14.7. The number of aromatic amines is 1. The highest BCUT2D eigenvalue weighted by Crippen LogP contribution is 2.26. The SMILES string of the molecule is Cc1noc([C@H]2CN(C(=O)Nc3cc(C)c4cn[nH]c4c3)C[C@@H](C)O2)n1. The van der Waals surface area contributed by atoms with Crippen molar-refractivity contribution in [2.45, 2.75) is 33.0 Å². The van der Waals surface area contributed by atoms with Crippen molar-refractivity contribution in [2.24, 2.45) is 0 Å².